The second kappa shape index (κ2) is 7.09. The SMILES string of the molecule is CCNC(C)c1ccc(OC2CCCCC2O)c(C)c1. The van der Waals surface area contributed by atoms with Gasteiger partial charge in [0.05, 0.1) is 6.10 Å². The number of hydrogen-bond donors (Lipinski definition) is 2. The maximum atomic E-state index is 10.00. The Balaban J connectivity index is 2.05. The summed E-state index contributed by atoms with van der Waals surface area (Å²) >= 11 is 0. The number of nitrogens with one attached hydrogen (secondary N) is 1. The van der Waals surface area contributed by atoms with E-state index in [1.807, 2.05) is 6.07 Å². The molecule has 3 heteroatoms. The summed E-state index contributed by atoms with van der Waals surface area (Å²) in [6.45, 7) is 7.33. The molecule has 0 radical (unpaired) electrons. The molecule has 2 N–H and O–H groups in total. The third-order valence-corrected chi connectivity index (χ3v) is 4.16. The average molecular weight is 277 g/mol. The van der Waals surface area contributed by atoms with Crippen molar-refractivity contribution in [2.75, 3.05) is 6.54 Å². The van der Waals surface area contributed by atoms with Crippen molar-refractivity contribution in [2.45, 2.75) is 64.7 Å². The number of benzene rings is 1. The van der Waals surface area contributed by atoms with Crippen LogP contribution in [0, 0.1) is 6.92 Å². The summed E-state index contributed by atoms with van der Waals surface area (Å²) in [5.41, 5.74) is 2.42. The highest BCUT2D eigenvalue weighted by molar-refractivity contribution is 5.37. The normalized spacial score (nSPS) is 24.4. The minimum Gasteiger partial charge on any atom is -0.487 e. The van der Waals surface area contributed by atoms with Gasteiger partial charge in [0, 0.05) is 6.04 Å². The first kappa shape index (κ1) is 15.3. The van der Waals surface area contributed by atoms with Crippen molar-refractivity contribution in [3.05, 3.63) is 29.3 Å². The summed E-state index contributed by atoms with van der Waals surface area (Å²) in [5.74, 6) is 0.906. The molecule has 1 aliphatic rings. The van der Waals surface area contributed by atoms with Crippen molar-refractivity contribution in [3.8, 4) is 5.75 Å². The summed E-state index contributed by atoms with van der Waals surface area (Å²) in [6.07, 6.45) is 3.72. The minimum atomic E-state index is -0.316. The average Bonchev–Trinajstić information content (AvgIpc) is 2.43. The summed E-state index contributed by atoms with van der Waals surface area (Å²) in [5, 5.41) is 13.4. The number of aryl methyl sites for hydroxylation is 1. The van der Waals surface area contributed by atoms with E-state index in [1.54, 1.807) is 0 Å². The van der Waals surface area contributed by atoms with Gasteiger partial charge in [0.1, 0.15) is 11.9 Å². The number of aliphatic hydroxyl groups excluding tert-OH is 1. The number of rotatable bonds is 5. The van der Waals surface area contributed by atoms with E-state index >= 15 is 0 Å². The fraction of sp³-hybridized carbons (Fsp3) is 0.647. The van der Waals surface area contributed by atoms with E-state index < -0.39 is 0 Å². The highest BCUT2D eigenvalue weighted by atomic mass is 16.5. The van der Waals surface area contributed by atoms with E-state index in [-0.39, 0.29) is 12.2 Å². The van der Waals surface area contributed by atoms with Crippen molar-refractivity contribution in [2.24, 2.45) is 0 Å². The molecule has 0 aromatic heterocycles. The number of hydrogen-bond acceptors (Lipinski definition) is 3. The molecule has 0 heterocycles. The molecule has 0 saturated heterocycles. The molecule has 112 valence electrons. The lowest BCUT2D eigenvalue weighted by atomic mass is 9.94. The fourth-order valence-electron chi connectivity index (χ4n) is 2.88. The van der Waals surface area contributed by atoms with Gasteiger partial charge < -0.3 is 15.2 Å². The second-order valence-corrected chi connectivity index (χ2v) is 5.81. The van der Waals surface area contributed by atoms with Crippen molar-refractivity contribution in [3.63, 3.8) is 0 Å². The van der Waals surface area contributed by atoms with E-state index in [1.165, 1.54) is 5.56 Å². The summed E-state index contributed by atoms with van der Waals surface area (Å²) in [6, 6.07) is 6.69. The predicted octanol–water partition coefficient (Wildman–Crippen LogP) is 3.35. The van der Waals surface area contributed by atoms with Gasteiger partial charge in [-0.3, -0.25) is 0 Å². The number of ether oxygens (including phenoxy) is 1. The Hall–Kier alpha value is -1.06. The maximum absolute atomic E-state index is 10.00. The van der Waals surface area contributed by atoms with Crippen LogP contribution in [0.25, 0.3) is 0 Å². The van der Waals surface area contributed by atoms with Crippen molar-refractivity contribution >= 4 is 0 Å². The van der Waals surface area contributed by atoms with Crippen LogP contribution in [0.1, 0.15) is 56.7 Å². The van der Waals surface area contributed by atoms with Crippen LogP contribution in [0.3, 0.4) is 0 Å². The van der Waals surface area contributed by atoms with Crippen molar-refractivity contribution < 1.29 is 9.84 Å². The van der Waals surface area contributed by atoms with Gasteiger partial charge in [-0.25, -0.2) is 0 Å². The summed E-state index contributed by atoms with van der Waals surface area (Å²) < 4.78 is 6.02. The molecule has 1 fully saturated rings. The standard InChI is InChI=1S/C17H27NO2/c1-4-18-13(3)14-9-10-16(12(2)11-14)20-17-8-6-5-7-15(17)19/h9-11,13,15,17-19H,4-8H2,1-3H3. The topological polar surface area (TPSA) is 41.5 Å². The van der Waals surface area contributed by atoms with Gasteiger partial charge in [0.25, 0.3) is 0 Å². The maximum Gasteiger partial charge on any atom is 0.124 e. The first-order chi connectivity index (χ1) is 9.61. The largest absolute Gasteiger partial charge is 0.487 e. The smallest absolute Gasteiger partial charge is 0.124 e. The molecule has 0 spiro atoms. The molecule has 3 unspecified atom stereocenters. The highest BCUT2D eigenvalue weighted by Gasteiger charge is 2.25. The summed E-state index contributed by atoms with van der Waals surface area (Å²) in [4.78, 5) is 0. The van der Waals surface area contributed by atoms with E-state index in [0.717, 1.165) is 43.5 Å². The molecular weight excluding hydrogens is 250 g/mol. The lowest BCUT2D eigenvalue weighted by molar-refractivity contribution is 0.00653. The molecule has 0 bridgehead atoms. The first-order valence-corrected chi connectivity index (χ1v) is 7.80. The molecule has 1 saturated carbocycles. The third kappa shape index (κ3) is 3.74. The fourth-order valence-corrected chi connectivity index (χ4v) is 2.88. The quantitative estimate of drug-likeness (QED) is 0.867. The molecule has 3 nitrogen and oxygen atoms in total. The van der Waals surface area contributed by atoms with Crippen LogP contribution in [-0.2, 0) is 0 Å². The van der Waals surface area contributed by atoms with Gasteiger partial charge in [-0.1, -0.05) is 25.5 Å². The van der Waals surface area contributed by atoms with Gasteiger partial charge in [0.2, 0.25) is 0 Å². The molecule has 1 aromatic carbocycles. The van der Waals surface area contributed by atoms with Gasteiger partial charge in [-0.05, 0) is 56.8 Å². The Morgan fingerprint density at radius 1 is 1.35 bits per heavy atom. The lowest BCUT2D eigenvalue weighted by Gasteiger charge is -2.29. The Bertz CT molecular complexity index is 433. The lowest BCUT2D eigenvalue weighted by Crippen LogP contribution is -2.34. The molecular formula is C17H27NO2. The summed E-state index contributed by atoms with van der Waals surface area (Å²) in [7, 11) is 0. The van der Waals surface area contributed by atoms with Crippen molar-refractivity contribution in [1.29, 1.82) is 0 Å². The van der Waals surface area contributed by atoms with Crippen LogP contribution in [0.2, 0.25) is 0 Å². The van der Waals surface area contributed by atoms with Crippen LogP contribution in [0.4, 0.5) is 0 Å². The predicted molar refractivity (Wildman–Crippen MR) is 82.2 cm³/mol. The first-order valence-electron chi connectivity index (χ1n) is 7.80. The molecule has 0 aliphatic heterocycles. The Kier molecular flexibility index (Phi) is 5.44. The zero-order chi connectivity index (χ0) is 14.5. The van der Waals surface area contributed by atoms with Gasteiger partial charge in [0.15, 0.2) is 0 Å². The van der Waals surface area contributed by atoms with E-state index in [9.17, 15) is 5.11 Å². The molecule has 2 rings (SSSR count). The minimum absolute atomic E-state index is 0.0421. The van der Waals surface area contributed by atoms with E-state index in [2.05, 4.69) is 38.2 Å². The van der Waals surface area contributed by atoms with Crippen LogP contribution in [0.15, 0.2) is 18.2 Å². The zero-order valence-electron chi connectivity index (χ0n) is 12.9. The molecule has 1 aromatic rings. The van der Waals surface area contributed by atoms with E-state index in [0.29, 0.717) is 6.04 Å². The van der Waals surface area contributed by atoms with Crippen LogP contribution in [-0.4, -0.2) is 23.9 Å². The Morgan fingerprint density at radius 2 is 2.10 bits per heavy atom. The monoisotopic (exact) mass is 277 g/mol. The van der Waals surface area contributed by atoms with Crippen molar-refractivity contribution in [1.82, 2.24) is 5.32 Å². The third-order valence-electron chi connectivity index (χ3n) is 4.16. The molecule has 0 amide bonds. The second-order valence-electron chi connectivity index (χ2n) is 5.81. The molecule has 3 atom stereocenters. The van der Waals surface area contributed by atoms with Gasteiger partial charge in [-0.2, -0.15) is 0 Å². The van der Waals surface area contributed by atoms with E-state index in [4.69, 9.17) is 4.74 Å². The van der Waals surface area contributed by atoms with Crippen LogP contribution in [0.5, 0.6) is 5.75 Å². The molecule has 1 aliphatic carbocycles. The number of aliphatic hydroxyl groups is 1. The zero-order valence-corrected chi connectivity index (χ0v) is 12.9. The van der Waals surface area contributed by atoms with Crippen LogP contribution < -0.4 is 10.1 Å². The van der Waals surface area contributed by atoms with Gasteiger partial charge in [-0.15, -0.1) is 0 Å². The Morgan fingerprint density at radius 3 is 2.75 bits per heavy atom. The highest BCUT2D eigenvalue weighted by Crippen LogP contribution is 2.28. The molecule has 20 heavy (non-hydrogen) atoms. The Labute approximate surface area is 122 Å². The van der Waals surface area contributed by atoms with Gasteiger partial charge >= 0.3 is 0 Å². The van der Waals surface area contributed by atoms with Crippen LogP contribution >= 0.6 is 0 Å².